The molecule has 0 radical (unpaired) electrons. The Morgan fingerprint density at radius 1 is 0.682 bits per heavy atom. The molecular formula is C18H34Cl2F2. The Labute approximate surface area is 146 Å². The molecule has 2 atom stereocenters. The highest BCUT2D eigenvalue weighted by atomic mass is 35.5. The summed E-state index contributed by atoms with van der Waals surface area (Å²) in [5.74, 6) is -2.45. The first-order chi connectivity index (χ1) is 9.62. The Bertz CT molecular complexity index is 332. The van der Waals surface area contributed by atoms with Gasteiger partial charge in [-0.05, 0) is 12.8 Å². The van der Waals surface area contributed by atoms with Crippen LogP contribution in [-0.2, 0) is 0 Å². The average Bonchev–Trinajstić information content (AvgIpc) is 2.93. The molecule has 0 amide bonds. The molecule has 0 aliphatic heterocycles. The van der Waals surface area contributed by atoms with E-state index < -0.39 is 21.1 Å². The van der Waals surface area contributed by atoms with Gasteiger partial charge in [-0.2, -0.15) is 0 Å². The fourth-order valence-electron chi connectivity index (χ4n) is 3.44. The Morgan fingerprint density at radius 3 is 0.909 bits per heavy atom. The molecule has 2 unspecified atom stereocenters. The summed E-state index contributed by atoms with van der Waals surface area (Å²) < 4.78 is 25.4. The first-order valence-electron chi connectivity index (χ1n) is 8.38. The topological polar surface area (TPSA) is 0 Å². The fourth-order valence-corrected chi connectivity index (χ4v) is 4.50. The van der Waals surface area contributed by atoms with E-state index in [4.69, 9.17) is 23.2 Å². The minimum Gasteiger partial charge on any atom is -0.206 e. The maximum Gasteiger partial charge on any atom is 0.259 e. The van der Waals surface area contributed by atoms with E-state index in [1.807, 2.05) is 20.8 Å². The summed E-state index contributed by atoms with van der Waals surface area (Å²) in [7, 11) is 0. The first-order valence-corrected chi connectivity index (χ1v) is 9.13. The molecule has 0 aromatic heterocycles. The molecule has 0 nitrogen and oxygen atoms in total. The fraction of sp³-hybridized carbons (Fsp3) is 1.00. The zero-order chi connectivity index (χ0) is 18.4. The van der Waals surface area contributed by atoms with Crippen molar-refractivity contribution in [2.45, 2.75) is 92.3 Å². The second-order valence-corrected chi connectivity index (χ2v) is 9.10. The van der Waals surface area contributed by atoms with Gasteiger partial charge >= 0.3 is 0 Å². The van der Waals surface area contributed by atoms with Crippen LogP contribution in [0.15, 0.2) is 0 Å². The number of hydrogen-bond acceptors (Lipinski definition) is 0. The van der Waals surface area contributed by atoms with Gasteiger partial charge in [-0.15, -0.1) is 23.2 Å². The van der Waals surface area contributed by atoms with E-state index in [2.05, 4.69) is 27.7 Å². The molecule has 2 aliphatic carbocycles. The van der Waals surface area contributed by atoms with Crippen LogP contribution in [0, 0.1) is 21.7 Å². The van der Waals surface area contributed by atoms with Gasteiger partial charge in [-0.25, -0.2) is 8.78 Å². The van der Waals surface area contributed by atoms with E-state index in [1.54, 1.807) is 20.8 Å². The van der Waals surface area contributed by atoms with Crippen LogP contribution < -0.4 is 0 Å². The van der Waals surface area contributed by atoms with E-state index in [9.17, 15) is 8.78 Å². The lowest BCUT2D eigenvalue weighted by Crippen LogP contribution is -2.03. The summed E-state index contributed by atoms with van der Waals surface area (Å²) in [6, 6.07) is 0. The van der Waals surface area contributed by atoms with Gasteiger partial charge in [0.25, 0.3) is 5.92 Å². The van der Waals surface area contributed by atoms with Crippen molar-refractivity contribution in [3.8, 4) is 0 Å². The third kappa shape index (κ3) is 2.42. The van der Waals surface area contributed by atoms with E-state index in [0.717, 1.165) is 6.42 Å². The molecular weight excluding hydrogens is 325 g/mol. The Morgan fingerprint density at radius 2 is 0.909 bits per heavy atom. The van der Waals surface area contributed by atoms with E-state index in [1.165, 1.54) is 0 Å². The van der Waals surface area contributed by atoms with Crippen LogP contribution in [0.4, 0.5) is 8.78 Å². The highest BCUT2D eigenvalue weighted by Gasteiger charge is 2.82. The maximum atomic E-state index is 13.0. The van der Waals surface area contributed by atoms with Crippen LogP contribution in [0.5, 0.6) is 0 Å². The molecule has 0 aromatic carbocycles. The molecule has 0 saturated heterocycles. The van der Waals surface area contributed by atoms with Gasteiger partial charge in [0.15, 0.2) is 0 Å². The molecule has 0 N–H and O–H groups in total. The third-order valence-electron chi connectivity index (χ3n) is 7.00. The lowest BCUT2D eigenvalue weighted by Gasteiger charge is -2.08. The van der Waals surface area contributed by atoms with Crippen LogP contribution in [0.2, 0.25) is 0 Å². The van der Waals surface area contributed by atoms with Crippen molar-refractivity contribution in [1.29, 1.82) is 0 Å². The molecule has 2 rings (SSSR count). The minimum absolute atomic E-state index is 0.0812. The Balaban J connectivity index is 0.000000360. The van der Waals surface area contributed by atoms with Crippen molar-refractivity contribution in [2.75, 3.05) is 0 Å². The van der Waals surface area contributed by atoms with Gasteiger partial charge in [-0.3, -0.25) is 0 Å². The molecule has 0 heterocycles. The molecule has 22 heavy (non-hydrogen) atoms. The SMILES string of the molecule is CC.CCC1(C)C(C)(C)C1(Cl)Cl.CCC1(C)C(C)(C)C1(F)F. The molecule has 4 heteroatoms. The summed E-state index contributed by atoms with van der Waals surface area (Å²) in [5, 5.41) is 0. The second-order valence-electron chi connectivity index (χ2n) is 7.77. The Hall–Kier alpha value is 0.440. The Kier molecular flexibility index (Phi) is 6.18. The zero-order valence-corrected chi connectivity index (χ0v) is 17.4. The van der Waals surface area contributed by atoms with Crippen LogP contribution >= 0.6 is 23.2 Å². The second kappa shape index (κ2) is 6.06. The maximum absolute atomic E-state index is 13.0. The summed E-state index contributed by atoms with van der Waals surface area (Å²) in [6.07, 6.45) is 1.61. The number of alkyl halides is 4. The van der Waals surface area contributed by atoms with Crippen LogP contribution in [0.3, 0.4) is 0 Å². The van der Waals surface area contributed by atoms with Crippen LogP contribution in [-0.4, -0.2) is 10.3 Å². The lowest BCUT2D eigenvalue weighted by atomic mass is 9.96. The number of rotatable bonds is 2. The quantitative estimate of drug-likeness (QED) is 0.443. The van der Waals surface area contributed by atoms with Gasteiger partial charge in [0.1, 0.15) is 4.33 Å². The van der Waals surface area contributed by atoms with E-state index >= 15 is 0 Å². The lowest BCUT2D eigenvalue weighted by molar-refractivity contribution is 0.0506. The molecule has 2 fully saturated rings. The standard InChI is InChI=1S/C8H14Cl2.C8H14F2.C2H6/c2*1-5-7(4)6(2,3)8(7,9)10;1-2/h2*5H2,1-4H3;1-2H3. The summed E-state index contributed by atoms with van der Waals surface area (Å²) >= 11 is 12.2. The predicted molar refractivity (Wildman–Crippen MR) is 95.1 cm³/mol. The normalized spacial score (nSPS) is 37.9. The highest BCUT2D eigenvalue weighted by Crippen LogP contribution is 2.78. The van der Waals surface area contributed by atoms with Crippen LogP contribution in [0.1, 0.15) is 82.1 Å². The summed E-state index contributed by atoms with van der Waals surface area (Å²) in [4.78, 5) is 0. The number of halogens is 4. The molecule has 0 spiro atoms. The van der Waals surface area contributed by atoms with Gasteiger partial charge in [0.05, 0.1) is 0 Å². The van der Waals surface area contributed by atoms with Gasteiger partial charge in [-0.1, -0.05) is 69.2 Å². The van der Waals surface area contributed by atoms with E-state index in [0.29, 0.717) is 6.42 Å². The third-order valence-corrected chi connectivity index (χ3v) is 8.78. The van der Waals surface area contributed by atoms with Crippen molar-refractivity contribution < 1.29 is 8.78 Å². The highest BCUT2D eigenvalue weighted by molar-refractivity contribution is 6.52. The van der Waals surface area contributed by atoms with Gasteiger partial charge in [0.2, 0.25) is 0 Å². The van der Waals surface area contributed by atoms with Crippen molar-refractivity contribution in [3.05, 3.63) is 0 Å². The van der Waals surface area contributed by atoms with Crippen molar-refractivity contribution in [3.63, 3.8) is 0 Å². The van der Waals surface area contributed by atoms with Crippen molar-refractivity contribution in [1.82, 2.24) is 0 Å². The van der Waals surface area contributed by atoms with Crippen molar-refractivity contribution >= 4 is 23.2 Å². The largest absolute Gasteiger partial charge is 0.259 e. The smallest absolute Gasteiger partial charge is 0.206 e. The predicted octanol–water partition coefficient (Wildman–Crippen LogP) is 7.72. The molecule has 0 aromatic rings. The van der Waals surface area contributed by atoms with Gasteiger partial charge in [0, 0.05) is 21.7 Å². The molecule has 2 aliphatic rings. The van der Waals surface area contributed by atoms with Gasteiger partial charge < -0.3 is 0 Å². The molecule has 2 saturated carbocycles. The molecule has 134 valence electrons. The number of hydrogen-bond donors (Lipinski definition) is 0. The summed E-state index contributed by atoms with van der Waals surface area (Å²) in [5.41, 5.74) is -1.34. The first kappa shape index (κ1) is 22.4. The average molecular weight is 359 g/mol. The zero-order valence-electron chi connectivity index (χ0n) is 15.9. The summed E-state index contributed by atoms with van der Waals surface area (Å²) in [6.45, 7) is 19.3. The van der Waals surface area contributed by atoms with E-state index in [-0.39, 0.29) is 10.8 Å². The monoisotopic (exact) mass is 358 g/mol. The van der Waals surface area contributed by atoms with Crippen molar-refractivity contribution in [2.24, 2.45) is 21.7 Å². The molecule has 0 bridgehead atoms. The minimum atomic E-state index is -2.45. The van der Waals surface area contributed by atoms with Crippen LogP contribution in [0.25, 0.3) is 0 Å².